The van der Waals surface area contributed by atoms with Gasteiger partial charge in [-0.25, -0.2) is 0 Å². The molecule has 102 valence electrons. The maximum atomic E-state index is 6.07. The fourth-order valence-electron chi connectivity index (χ4n) is 2.52. The van der Waals surface area contributed by atoms with E-state index in [-0.39, 0.29) is 12.4 Å². The molecule has 3 rings (SSSR count). The molecule has 0 unspecified atom stereocenters. The number of aromatic nitrogens is 1. The van der Waals surface area contributed by atoms with E-state index in [1.807, 2.05) is 24.5 Å². The van der Waals surface area contributed by atoms with Crippen LogP contribution in [0, 0.1) is 0 Å². The molecule has 2 heterocycles. The summed E-state index contributed by atoms with van der Waals surface area (Å²) in [6.07, 6.45) is 6.19. The Balaban J connectivity index is 0.00000133. The monoisotopic (exact) mass is 278 g/mol. The zero-order valence-corrected chi connectivity index (χ0v) is 11.8. The van der Waals surface area contributed by atoms with Gasteiger partial charge in [-0.05, 0) is 56.0 Å². The molecule has 19 heavy (non-hydrogen) atoms. The Morgan fingerprint density at radius 2 is 2.16 bits per heavy atom. The van der Waals surface area contributed by atoms with E-state index in [1.54, 1.807) is 0 Å². The van der Waals surface area contributed by atoms with Crippen molar-refractivity contribution in [3.05, 3.63) is 36.7 Å². The highest BCUT2D eigenvalue weighted by Gasteiger charge is 2.19. The molecule has 1 saturated heterocycles. The zero-order valence-electron chi connectivity index (χ0n) is 11.0. The average molecular weight is 279 g/mol. The zero-order chi connectivity index (χ0) is 12.4. The molecule has 0 aliphatic carbocycles. The molecular weight excluding hydrogens is 260 g/mol. The first-order valence-corrected chi connectivity index (χ1v) is 6.55. The van der Waals surface area contributed by atoms with E-state index in [1.165, 1.54) is 5.39 Å². The predicted octanol–water partition coefficient (Wildman–Crippen LogP) is 3.18. The summed E-state index contributed by atoms with van der Waals surface area (Å²) in [5.41, 5.74) is 0. The van der Waals surface area contributed by atoms with Crippen LogP contribution in [0.2, 0.25) is 0 Å². The molecule has 1 aromatic heterocycles. The second-order valence-electron chi connectivity index (χ2n) is 5.00. The van der Waals surface area contributed by atoms with Crippen LogP contribution in [-0.4, -0.2) is 23.7 Å². The van der Waals surface area contributed by atoms with Gasteiger partial charge >= 0.3 is 0 Å². The van der Waals surface area contributed by atoms with Gasteiger partial charge in [-0.3, -0.25) is 4.98 Å². The van der Waals surface area contributed by atoms with Crippen molar-refractivity contribution in [3.63, 3.8) is 0 Å². The van der Waals surface area contributed by atoms with Crippen LogP contribution >= 0.6 is 12.4 Å². The molecule has 0 amide bonds. The standard InChI is InChI=1S/C15H18N2O.ClH/c1-11-8-15(5-7-17-11)18-14-3-2-13-10-16-6-4-12(13)9-14;/h2-4,6,9-11,15,17H,5,7-8H2,1H3;1H/t11-,15-;/m0./s1. The van der Waals surface area contributed by atoms with Gasteiger partial charge in [0.15, 0.2) is 0 Å². The lowest BCUT2D eigenvalue weighted by Crippen LogP contribution is -2.40. The minimum absolute atomic E-state index is 0. The SMILES string of the molecule is C[C@H]1C[C@@H](Oc2ccc3cnccc3c2)CCN1.Cl. The number of ether oxygens (including phenoxy) is 1. The van der Waals surface area contributed by atoms with Crippen molar-refractivity contribution < 1.29 is 4.74 Å². The fourth-order valence-corrected chi connectivity index (χ4v) is 2.52. The Labute approximate surface area is 119 Å². The maximum Gasteiger partial charge on any atom is 0.120 e. The minimum atomic E-state index is 0. The van der Waals surface area contributed by atoms with Gasteiger partial charge in [0, 0.05) is 23.8 Å². The number of pyridine rings is 1. The number of nitrogens with one attached hydrogen (secondary N) is 1. The highest BCUT2D eigenvalue weighted by molar-refractivity contribution is 5.85. The Bertz CT molecular complexity index is 546. The van der Waals surface area contributed by atoms with Crippen LogP contribution in [0.3, 0.4) is 0 Å². The third kappa shape index (κ3) is 3.37. The van der Waals surface area contributed by atoms with Gasteiger partial charge < -0.3 is 10.1 Å². The van der Waals surface area contributed by atoms with Gasteiger partial charge in [-0.2, -0.15) is 0 Å². The van der Waals surface area contributed by atoms with Crippen molar-refractivity contribution in [1.82, 2.24) is 10.3 Å². The molecular formula is C15H19ClN2O. The van der Waals surface area contributed by atoms with Crippen LogP contribution in [0.4, 0.5) is 0 Å². The van der Waals surface area contributed by atoms with Gasteiger partial charge in [0.1, 0.15) is 11.9 Å². The van der Waals surface area contributed by atoms with Crippen LogP contribution < -0.4 is 10.1 Å². The highest BCUT2D eigenvalue weighted by atomic mass is 35.5. The summed E-state index contributed by atoms with van der Waals surface area (Å²) in [5, 5.41) is 5.78. The molecule has 1 N–H and O–H groups in total. The Morgan fingerprint density at radius 3 is 3.00 bits per heavy atom. The van der Waals surface area contributed by atoms with Gasteiger partial charge in [0.25, 0.3) is 0 Å². The predicted molar refractivity (Wildman–Crippen MR) is 80.1 cm³/mol. The number of fused-ring (bicyclic) bond motifs is 1. The number of rotatable bonds is 2. The number of hydrogen-bond acceptors (Lipinski definition) is 3. The van der Waals surface area contributed by atoms with E-state index in [0.717, 1.165) is 30.5 Å². The van der Waals surface area contributed by atoms with Crippen LogP contribution in [-0.2, 0) is 0 Å². The van der Waals surface area contributed by atoms with Gasteiger partial charge in [0.2, 0.25) is 0 Å². The Kier molecular flexibility index (Phi) is 4.61. The summed E-state index contributed by atoms with van der Waals surface area (Å²) in [6, 6.07) is 8.78. The van der Waals surface area contributed by atoms with E-state index in [4.69, 9.17) is 4.74 Å². The van der Waals surface area contributed by atoms with Gasteiger partial charge in [0.05, 0.1) is 0 Å². The second-order valence-corrected chi connectivity index (χ2v) is 5.00. The number of hydrogen-bond donors (Lipinski definition) is 1. The van der Waals surface area contributed by atoms with E-state index in [9.17, 15) is 0 Å². The molecule has 0 radical (unpaired) electrons. The van der Waals surface area contributed by atoms with Crippen molar-refractivity contribution in [3.8, 4) is 5.75 Å². The molecule has 0 spiro atoms. The average Bonchev–Trinajstić information content (AvgIpc) is 2.39. The molecule has 1 aliphatic rings. The molecule has 0 saturated carbocycles. The number of piperidine rings is 1. The van der Waals surface area contributed by atoms with E-state index < -0.39 is 0 Å². The highest BCUT2D eigenvalue weighted by Crippen LogP contribution is 2.23. The van der Waals surface area contributed by atoms with E-state index in [2.05, 4.69) is 29.4 Å². The first-order chi connectivity index (χ1) is 8.81. The summed E-state index contributed by atoms with van der Waals surface area (Å²) in [7, 11) is 0. The van der Waals surface area contributed by atoms with Crippen LogP contribution in [0.1, 0.15) is 19.8 Å². The number of benzene rings is 1. The topological polar surface area (TPSA) is 34.1 Å². The maximum absolute atomic E-state index is 6.07. The van der Waals surface area contributed by atoms with Crippen LogP contribution in [0.25, 0.3) is 10.8 Å². The fraction of sp³-hybridized carbons (Fsp3) is 0.400. The van der Waals surface area contributed by atoms with Crippen molar-refractivity contribution in [2.45, 2.75) is 31.9 Å². The van der Waals surface area contributed by atoms with Gasteiger partial charge in [-0.1, -0.05) is 0 Å². The lowest BCUT2D eigenvalue weighted by Gasteiger charge is -2.28. The van der Waals surface area contributed by atoms with Crippen molar-refractivity contribution in [2.75, 3.05) is 6.54 Å². The first-order valence-electron chi connectivity index (χ1n) is 6.55. The summed E-state index contributed by atoms with van der Waals surface area (Å²) in [4.78, 5) is 4.12. The molecule has 2 aromatic rings. The number of halogens is 1. The summed E-state index contributed by atoms with van der Waals surface area (Å²) >= 11 is 0. The third-order valence-electron chi connectivity index (χ3n) is 3.49. The molecule has 2 atom stereocenters. The summed E-state index contributed by atoms with van der Waals surface area (Å²) in [6.45, 7) is 3.25. The smallest absolute Gasteiger partial charge is 0.120 e. The molecule has 1 fully saturated rings. The summed E-state index contributed by atoms with van der Waals surface area (Å²) in [5.74, 6) is 0.966. The van der Waals surface area contributed by atoms with E-state index >= 15 is 0 Å². The van der Waals surface area contributed by atoms with Crippen LogP contribution in [0.5, 0.6) is 5.75 Å². The Hall–Kier alpha value is -1.32. The minimum Gasteiger partial charge on any atom is -0.490 e. The molecule has 0 bridgehead atoms. The van der Waals surface area contributed by atoms with Crippen LogP contribution in [0.15, 0.2) is 36.7 Å². The quantitative estimate of drug-likeness (QED) is 0.916. The third-order valence-corrected chi connectivity index (χ3v) is 3.49. The molecule has 1 aliphatic heterocycles. The second kappa shape index (κ2) is 6.22. The molecule has 3 nitrogen and oxygen atoms in total. The van der Waals surface area contributed by atoms with Crippen molar-refractivity contribution in [2.24, 2.45) is 0 Å². The largest absolute Gasteiger partial charge is 0.490 e. The lowest BCUT2D eigenvalue weighted by molar-refractivity contribution is 0.144. The Morgan fingerprint density at radius 1 is 1.26 bits per heavy atom. The summed E-state index contributed by atoms with van der Waals surface area (Å²) < 4.78 is 6.07. The van der Waals surface area contributed by atoms with E-state index in [0.29, 0.717) is 12.1 Å². The van der Waals surface area contributed by atoms with Crippen molar-refractivity contribution in [1.29, 1.82) is 0 Å². The normalized spacial score (nSPS) is 22.8. The lowest BCUT2D eigenvalue weighted by atomic mass is 10.0. The first kappa shape index (κ1) is 14.1. The van der Waals surface area contributed by atoms with Gasteiger partial charge in [-0.15, -0.1) is 12.4 Å². The molecule has 1 aromatic carbocycles. The van der Waals surface area contributed by atoms with Crippen molar-refractivity contribution >= 4 is 23.2 Å². The molecule has 4 heteroatoms. The number of nitrogens with zero attached hydrogens (tertiary/aromatic N) is 1.